The summed E-state index contributed by atoms with van der Waals surface area (Å²) in [4.78, 5) is 23.0. The number of para-hydroxylation sites is 1. The van der Waals surface area contributed by atoms with Gasteiger partial charge in [-0.15, -0.1) is 0 Å². The maximum Gasteiger partial charge on any atom is 0.313 e. The summed E-state index contributed by atoms with van der Waals surface area (Å²) in [6.45, 7) is 6.24. The topological polar surface area (TPSA) is 58.2 Å². The lowest BCUT2D eigenvalue weighted by Crippen LogP contribution is -2.36. The van der Waals surface area contributed by atoms with Crippen LogP contribution in [0.3, 0.4) is 0 Å². The Morgan fingerprint density at radius 1 is 1.12 bits per heavy atom. The van der Waals surface area contributed by atoms with Crippen LogP contribution in [0.1, 0.15) is 24.5 Å². The fourth-order valence-electron chi connectivity index (χ4n) is 1.50. The number of carbonyl (C=O) groups excluding carboxylic acids is 2. The molecule has 2 amide bonds. The second-order valence-corrected chi connectivity index (χ2v) is 3.98. The number of aryl methyl sites for hydroxylation is 2. The molecule has 0 unspecified atom stereocenters. The number of amides is 2. The largest absolute Gasteiger partial charge is 0.348 e. The van der Waals surface area contributed by atoms with Gasteiger partial charge in [0.05, 0.1) is 0 Å². The average molecular weight is 234 g/mol. The molecular weight excluding hydrogens is 216 g/mol. The molecule has 4 nitrogen and oxygen atoms in total. The standard InChI is InChI=1S/C13H18N2O2/c1-4-8-14-12(16)13(17)15-11-9(2)6-5-7-10(11)3/h5-7H,4,8H2,1-3H3,(H,14,16)(H,15,17). The minimum absolute atomic E-state index is 0.513. The molecule has 0 spiro atoms. The lowest BCUT2D eigenvalue weighted by atomic mass is 10.1. The first-order valence-corrected chi connectivity index (χ1v) is 5.71. The first kappa shape index (κ1) is 13.2. The Balaban J connectivity index is 2.71. The van der Waals surface area contributed by atoms with E-state index >= 15 is 0 Å². The fraction of sp³-hybridized carbons (Fsp3) is 0.385. The molecular formula is C13H18N2O2. The van der Waals surface area contributed by atoms with E-state index in [0.717, 1.165) is 17.5 Å². The molecule has 0 saturated carbocycles. The maximum absolute atomic E-state index is 11.6. The van der Waals surface area contributed by atoms with Crippen molar-refractivity contribution in [2.24, 2.45) is 0 Å². The smallest absolute Gasteiger partial charge is 0.313 e. The Morgan fingerprint density at radius 3 is 2.24 bits per heavy atom. The van der Waals surface area contributed by atoms with E-state index in [1.54, 1.807) is 0 Å². The number of benzene rings is 1. The van der Waals surface area contributed by atoms with Crippen molar-refractivity contribution in [3.8, 4) is 0 Å². The number of hydrogen-bond donors (Lipinski definition) is 2. The molecule has 0 radical (unpaired) electrons. The van der Waals surface area contributed by atoms with Crippen molar-refractivity contribution in [3.05, 3.63) is 29.3 Å². The van der Waals surface area contributed by atoms with Gasteiger partial charge in [0.1, 0.15) is 0 Å². The molecule has 0 saturated heterocycles. The van der Waals surface area contributed by atoms with Crippen molar-refractivity contribution >= 4 is 17.5 Å². The van der Waals surface area contributed by atoms with Gasteiger partial charge in [-0.1, -0.05) is 25.1 Å². The summed E-state index contributed by atoms with van der Waals surface area (Å²) in [6, 6.07) is 5.70. The van der Waals surface area contributed by atoms with Gasteiger partial charge in [-0.25, -0.2) is 0 Å². The highest BCUT2D eigenvalue weighted by molar-refractivity contribution is 6.39. The minimum atomic E-state index is -0.615. The van der Waals surface area contributed by atoms with Gasteiger partial charge in [0, 0.05) is 12.2 Å². The zero-order chi connectivity index (χ0) is 12.8. The second kappa shape index (κ2) is 6.03. The molecule has 17 heavy (non-hydrogen) atoms. The van der Waals surface area contributed by atoms with Crippen LogP contribution >= 0.6 is 0 Å². The van der Waals surface area contributed by atoms with E-state index < -0.39 is 11.8 Å². The predicted molar refractivity (Wildman–Crippen MR) is 67.8 cm³/mol. The van der Waals surface area contributed by atoms with Crippen LogP contribution in [0.5, 0.6) is 0 Å². The van der Waals surface area contributed by atoms with Gasteiger partial charge in [-0.3, -0.25) is 9.59 Å². The monoisotopic (exact) mass is 234 g/mol. The van der Waals surface area contributed by atoms with Gasteiger partial charge in [0.2, 0.25) is 0 Å². The third-order valence-electron chi connectivity index (χ3n) is 2.46. The van der Waals surface area contributed by atoms with E-state index in [0.29, 0.717) is 12.2 Å². The summed E-state index contributed by atoms with van der Waals surface area (Å²) in [5, 5.41) is 5.18. The molecule has 0 aliphatic heterocycles. The molecule has 0 aliphatic rings. The highest BCUT2D eigenvalue weighted by Crippen LogP contribution is 2.18. The van der Waals surface area contributed by atoms with E-state index in [1.165, 1.54) is 0 Å². The molecule has 2 N–H and O–H groups in total. The third-order valence-corrected chi connectivity index (χ3v) is 2.46. The van der Waals surface area contributed by atoms with Crippen LogP contribution in [-0.2, 0) is 9.59 Å². The Bertz CT molecular complexity index is 407. The second-order valence-electron chi connectivity index (χ2n) is 3.98. The molecule has 0 atom stereocenters. The summed E-state index contributed by atoms with van der Waals surface area (Å²) in [5.41, 5.74) is 2.60. The summed E-state index contributed by atoms with van der Waals surface area (Å²) in [7, 11) is 0. The van der Waals surface area contributed by atoms with Crippen molar-refractivity contribution in [2.45, 2.75) is 27.2 Å². The summed E-state index contributed by atoms with van der Waals surface area (Å²) in [6.07, 6.45) is 0.808. The SMILES string of the molecule is CCCNC(=O)C(=O)Nc1c(C)cccc1C. The van der Waals surface area contributed by atoms with Gasteiger partial charge < -0.3 is 10.6 Å². The molecule has 0 aliphatic carbocycles. The van der Waals surface area contributed by atoms with E-state index in [-0.39, 0.29) is 0 Å². The molecule has 1 rings (SSSR count). The first-order chi connectivity index (χ1) is 8.06. The molecule has 0 fully saturated rings. The highest BCUT2D eigenvalue weighted by atomic mass is 16.2. The number of anilines is 1. The number of nitrogens with one attached hydrogen (secondary N) is 2. The van der Waals surface area contributed by atoms with Gasteiger partial charge in [0.25, 0.3) is 0 Å². The third kappa shape index (κ3) is 3.59. The fourth-order valence-corrected chi connectivity index (χ4v) is 1.50. The molecule has 4 heteroatoms. The molecule has 1 aromatic carbocycles. The molecule has 0 bridgehead atoms. The lowest BCUT2D eigenvalue weighted by molar-refractivity contribution is -0.136. The van der Waals surface area contributed by atoms with Gasteiger partial charge in [-0.05, 0) is 31.4 Å². The van der Waals surface area contributed by atoms with Crippen LogP contribution < -0.4 is 10.6 Å². The maximum atomic E-state index is 11.6. The zero-order valence-electron chi connectivity index (χ0n) is 10.5. The van der Waals surface area contributed by atoms with E-state index in [4.69, 9.17) is 0 Å². The Kier molecular flexibility index (Phi) is 4.69. The van der Waals surface area contributed by atoms with Crippen LogP contribution in [0.25, 0.3) is 0 Å². The summed E-state index contributed by atoms with van der Waals surface area (Å²) in [5.74, 6) is -1.20. The van der Waals surface area contributed by atoms with Crippen LogP contribution in [0, 0.1) is 13.8 Å². The quantitative estimate of drug-likeness (QED) is 0.783. The normalized spacial score (nSPS) is 9.82. The molecule has 0 aromatic heterocycles. The van der Waals surface area contributed by atoms with Crippen molar-refractivity contribution in [1.82, 2.24) is 5.32 Å². The molecule has 1 aromatic rings. The van der Waals surface area contributed by atoms with Crippen molar-refractivity contribution in [1.29, 1.82) is 0 Å². The Morgan fingerprint density at radius 2 is 1.71 bits per heavy atom. The highest BCUT2D eigenvalue weighted by Gasteiger charge is 2.14. The van der Waals surface area contributed by atoms with E-state index in [1.807, 2.05) is 39.0 Å². The summed E-state index contributed by atoms with van der Waals surface area (Å²) >= 11 is 0. The van der Waals surface area contributed by atoms with Crippen molar-refractivity contribution < 1.29 is 9.59 Å². The number of rotatable bonds is 3. The molecule has 0 heterocycles. The van der Waals surface area contributed by atoms with Crippen molar-refractivity contribution in [3.63, 3.8) is 0 Å². The number of carbonyl (C=O) groups is 2. The Hall–Kier alpha value is -1.84. The molecule has 92 valence electrons. The average Bonchev–Trinajstić information content (AvgIpc) is 2.30. The van der Waals surface area contributed by atoms with Gasteiger partial charge in [-0.2, -0.15) is 0 Å². The number of hydrogen-bond acceptors (Lipinski definition) is 2. The van der Waals surface area contributed by atoms with Gasteiger partial charge in [0.15, 0.2) is 0 Å². The zero-order valence-corrected chi connectivity index (χ0v) is 10.5. The van der Waals surface area contributed by atoms with Gasteiger partial charge >= 0.3 is 11.8 Å². The van der Waals surface area contributed by atoms with Crippen LogP contribution in [0.15, 0.2) is 18.2 Å². The minimum Gasteiger partial charge on any atom is -0.348 e. The van der Waals surface area contributed by atoms with Crippen LogP contribution in [0.4, 0.5) is 5.69 Å². The van der Waals surface area contributed by atoms with Crippen LogP contribution in [-0.4, -0.2) is 18.4 Å². The van der Waals surface area contributed by atoms with Crippen molar-refractivity contribution in [2.75, 3.05) is 11.9 Å². The van der Waals surface area contributed by atoms with E-state index in [9.17, 15) is 9.59 Å². The summed E-state index contributed by atoms with van der Waals surface area (Å²) < 4.78 is 0. The Labute approximate surface area is 101 Å². The first-order valence-electron chi connectivity index (χ1n) is 5.71. The van der Waals surface area contributed by atoms with Crippen LogP contribution in [0.2, 0.25) is 0 Å². The van der Waals surface area contributed by atoms with E-state index in [2.05, 4.69) is 10.6 Å². The predicted octanol–water partition coefficient (Wildman–Crippen LogP) is 1.77. The lowest BCUT2D eigenvalue weighted by Gasteiger charge is -2.11.